The third-order valence-electron chi connectivity index (χ3n) is 2.24. The van der Waals surface area contributed by atoms with E-state index in [0.717, 1.165) is 10.4 Å². The first kappa shape index (κ1) is 15.9. The first-order chi connectivity index (χ1) is 8.74. The molecule has 0 bridgehead atoms. The molecular weight excluding hydrogens is 343 g/mol. The maximum absolute atomic E-state index is 13.5. The molecule has 0 saturated heterocycles. The molecule has 9 heteroatoms. The van der Waals surface area contributed by atoms with E-state index in [1.807, 2.05) is 0 Å². The summed E-state index contributed by atoms with van der Waals surface area (Å²) in [5, 5.41) is 8.50. The van der Waals surface area contributed by atoms with Gasteiger partial charge in [-0.25, -0.2) is 4.39 Å². The van der Waals surface area contributed by atoms with Gasteiger partial charge in [-0.2, -0.15) is 12.7 Å². The molecule has 0 atom stereocenters. The lowest BCUT2D eigenvalue weighted by Crippen LogP contribution is -2.34. The summed E-state index contributed by atoms with van der Waals surface area (Å²) >= 11 is 3.03. The predicted octanol–water partition coefficient (Wildman–Crippen LogP) is 1.65. The van der Waals surface area contributed by atoms with E-state index in [2.05, 4.69) is 20.7 Å². The van der Waals surface area contributed by atoms with Gasteiger partial charge in [-0.15, -0.1) is 0 Å². The Morgan fingerprint density at radius 1 is 1.53 bits per heavy atom. The maximum atomic E-state index is 13.5. The lowest BCUT2D eigenvalue weighted by Gasteiger charge is -2.18. The van der Waals surface area contributed by atoms with E-state index in [1.54, 1.807) is 0 Å². The lowest BCUT2D eigenvalue weighted by atomic mass is 10.3. The van der Waals surface area contributed by atoms with Gasteiger partial charge in [0.25, 0.3) is 0 Å². The predicted molar refractivity (Wildman–Crippen MR) is 71.5 cm³/mol. The highest BCUT2D eigenvalue weighted by molar-refractivity contribution is 9.10. The molecule has 1 aromatic rings. The average Bonchev–Trinajstić information content (AvgIpc) is 2.31. The number of hydrogen-bond acceptors (Lipinski definition) is 3. The molecule has 0 amide bonds. The molecule has 0 unspecified atom stereocenters. The topological polar surface area (TPSA) is 86.7 Å². The number of rotatable bonds is 6. The SMILES string of the molecule is CN(CCC(=O)O)S(=O)(=O)Nc1c(F)cccc1Br. The molecule has 6 nitrogen and oxygen atoms in total. The summed E-state index contributed by atoms with van der Waals surface area (Å²) in [6.07, 6.45) is -0.337. The fourth-order valence-electron chi connectivity index (χ4n) is 1.18. The van der Waals surface area contributed by atoms with Gasteiger partial charge in [0.15, 0.2) is 0 Å². The van der Waals surface area contributed by atoms with Crippen LogP contribution in [0.4, 0.5) is 10.1 Å². The number of nitrogens with one attached hydrogen (secondary N) is 1. The summed E-state index contributed by atoms with van der Waals surface area (Å²) in [6.45, 7) is -0.212. The largest absolute Gasteiger partial charge is 0.481 e. The Labute approximate surface area is 118 Å². The van der Waals surface area contributed by atoms with Crippen LogP contribution in [0.25, 0.3) is 0 Å². The zero-order valence-electron chi connectivity index (χ0n) is 9.93. The van der Waals surface area contributed by atoms with E-state index in [9.17, 15) is 17.6 Å². The van der Waals surface area contributed by atoms with Crippen LogP contribution in [0, 0.1) is 5.82 Å². The third-order valence-corrected chi connectivity index (χ3v) is 4.37. The number of halogens is 2. The summed E-state index contributed by atoms with van der Waals surface area (Å²) in [4.78, 5) is 10.4. The van der Waals surface area contributed by atoms with Gasteiger partial charge in [0.1, 0.15) is 5.82 Å². The zero-order chi connectivity index (χ0) is 14.6. The second-order valence-corrected chi connectivity index (χ2v) is 6.30. The minimum Gasteiger partial charge on any atom is -0.481 e. The monoisotopic (exact) mass is 354 g/mol. The van der Waals surface area contributed by atoms with Crippen molar-refractivity contribution in [3.05, 3.63) is 28.5 Å². The average molecular weight is 355 g/mol. The molecule has 0 heterocycles. The van der Waals surface area contributed by atoms with Crippen molar-refractivity contribution in [1.29, 1.82) is 0 Å². The van der Waals surface area contributed by atoms with E-state index in [0.29, 0.717) is 0 Å². The number of anilines is 1. The van der Waals surface area contributed by atoms with E-state index in [1.165, 1.54) is 19.2 Å². The number of carbonyl (C=O) groups is 1. The standard InChI is InChI=1S/C10H12BrFN2O4S/c1-14(6-5-9(15)16)19(17,18)13-10-7(11)3-2-4-8(10)12/h2-4,13H,5-6H2,1H3,(H,15,16). The summed E-state index contributed by atoms with van der Waals surface area (Å²) in [6, 6.07) is 4.02. The zero-order valence-corrected chi connectivity index (χ0v) is 12.3. The number of aliphatic carboxylic acids is 1. The molecule has 0 aliphatic carbocycles. The van der Waals surface area contributed by atoms with Crippen LogP contribution in [0.5, 0.6) is 0 Å². The number of benzene rings is 1. The van der Waals surface area contributed by atoms with Crippen LogP contribution in [-0.2, 0) is 15.0 Å². The molecule has 0 aromatic heterocycles. The van der Waals surface area contributed by atoms with Crippen LogP contribution < -0.4 is 4.72 Å². The maximum Gasteiger partial charge on any atom is 0.304 e. The summed E-state index contributed by atoms with van der Waals surface area (Å²) < 4.78 is 40.3. The molecule has 0 radical (unpaired) electrons. The molecule has 106 valence electrons. The van der Waals surface area contributed by atoms with Gasteiger partial charge in [0.05, 0.1) is 12.1 Å². The van der Waals surface area contributed by atoms with Gasteiger partial charge >= 0.3 is 16.2 Å². The van der Waals surface area contributed by atoms with Crippen LogP contribution in [0.3, 0.4) is 0 Å². The van der Waals surface area contributed by atoms with Crippen molar-refractivity contribution in [3.8, 4) is 0 Å². The Morgan fingerprint density at radius 2 is 2.16 bits per heavy atom. The molecule has 2 N–H and O–H groups in total. The third kappa shape index (κ3) is 4.44. The number of para-hydroxylation sites is 1. The molecule has 0 aliphatic heterocycles. The number of hydrogen-bond donors (Lipinski definition) is 2. The molecule has 1 rings (SSSR count). The fraction of sp³-hybridized carbons (Fsp3) is 0.300. The van der Waals surface area contributed by atoms with Gasteiger partial charge in [-0.05, 0) is 28.1 Å². The van der Waals surface area contributed by atoms with E-state index < -0.39 is 22.0 Å². The van der Waals surface area contributed by atoms with Gasteiger partial charge in [0, 0.05) is 18.1 Å². The molecule has 0 fully saturated rings. The second kappa shape index (κ2) is 6.31. The number of carboxylic acids is 1. The van der Waals surface area contributed by atoms with Crippen LogP contribution in [0.2, 0.25) is 0 Å². The highest BCUT2D eigenvalue weighted by atomic mass is 79.9. The normalized spacial score (nSPS) is 11.6. The van der Waals surface area contributed by atoms with Crippen molar-refractivity contribution in [2.75, 3.05) is 18.3 Å². The minimum atomic E-state index is -4.00. The van der Waals surface area contributed by atoms with Gasteiger partial charge in [-0.1, -0.05) is 6.07 Å². The van der Waals surface area contributed by atoms with Crippen molar-refractivity contribution in [1.82, 2.24) is 4.31 Å². The van der Waals surface area contributed by atoms with Crippen molar-refractivity contribution < 1.29 is 22.7 Å². The van der Waals surface area contributed by atoms with Gasteiger partial charge in [0.2, 0.25) is 0 Å². The lowest BCUT2D eigenvalue weighted by molar-refractivity contribution is -0.137. The Morgan fingerprint density at radius 3 is 2.68 bits per heavy atom. The van der Waals surface area contributed by atoms with Crippen LogP contribution in [0.1, 0.15) is 6.42 Å². The van der Waals surface area contributed by atoms with Crippen molar-refractivity contribution >= 4 is 37.8 Å². The van der Waals surface area contributed by atoms with E-state index >= 15 is 0 Å². The summed E-state index contributed by atoms with van der Waals surface area (Å²) in [5.74, 6) is -1.85. The highest BCUT2D eigenvalue weighted by Crippen LogP contribution is 2.26. The summed E-state index contributed by atoms with van der Waals surface area (Å²) in [5.41, 5.74) is -0.218. The minimum absolute atomic E-state index is 0.212. The number of nitrogens with zero attached hydrogens (tertiary/aromatic N) is 1. The van der Waals surface area contributed by atoms with E-state index in [4.69, 9.17) is 5.11 Å². The molecular formula is C10H12BrFN2O4S. The summed E-state index contributed by atoms with van der Waals surface area (Å²) in [7, 11) is -2.80. The highest BCUT2D eigenvalue weighted by Gasteiger charge is 2.21. The van der Waals surface area contributed by atoms with Crippen LogP contribution in [-0.4, -0.2) is 37.4 Å². The first-order valence-electron chi connectivity index (χ1n) is 5.14. The molecule has 0 spiro atoms. The van der Waals surface area contributed by atoms with Crippen LogP contribution in [0.15, 0.2) is 22.7 Å². The van der Waals surface area contributed by atoms with Crippen molar-refractivity contribution in [2.45, 2.75) is 6.42 Å². The second-order valence-electron chi connectivity index (χ2n) is 3.67. The quantitative estimate of drug-likeness (QED) is 0.813. The Hall–Kier alpha value is -1.19. The fourth-order valence-corrected chi connectivity index (χ4v) is 2.70. The smallest absolute Gasteiger partial charge is 0.304 e. The first-order valence-corrected chi connectivity index (χ1v) is 7.37. The van der Waals surface area contributed by atoms with Gasteiger partial charge < -0.3 is 5.11 Å². The van der Waals surface area contributed by atoms with Crippen molar-refractivity contribution in [3.63, 3.8) is 0 Å². The van der Waals surface area contributed by atoms with Crippen molar-refractivity contribution in [2.24, 2.45) is 0 Å². The molecule has 0 aliphatic rings. The Bertz CT molecular complexity index is 559. The Kier molecular flexibility index (Phi) is 5.27. The molecule has 1 aromatic carbocycles. The van der Waals surface area contributed by atoms with E-state index in [-0.39, 0.29) is 23.1 Å². The van der Waals surface area contributed by atoms with Crippen LogP contribution >= 0.6 is 15.9 Å². The Balaban J connectivity index is 2.88. The van der Waals surface area contributed by atoms with Gasteiger partial charge in [-0.3, -0.25) is 9.52 Å². The number of carboxylic acid groups (broad SMARTS) is 1. The molecule has 0 saturated carbocycles. The molecule has 19 heavy (non-hydrogen) atoms.